The van der Waals surface area contributed by atoms with Gasteiger partial charge in [0.05, 0.1) is 19.3 Å². The number of benzene rings is 2. The maximum atomic E-state index is 11.5. The summed E-state index contributed by atoms with van der Waals surface area (Å²) in [5, 5.41) is 6.05. The minimum atomic E-state index is -2.75. The van der Waals surface area contributed by atoms with Crippen LogP contribution in [-0.4, -0.2) is 53.0 Å². The van der Waals surface area contributed by atoms with E-state index >= 15 is 0 Å². The van der Waals surface area contributed by atoms with Gasteiger partial charge in [-0.05, 0) is 27.9 Å². The summed E-state index contributed by atoms with van der Waals surface area (Å²) in [5.41, 5.74) is 9.15. The Labute approximate surface area is 215 Å². The number of azide groups is 1. The van der Waals surface area contributed by atoms with Crippen molar-refractivity contribution in [1.29, 1.82) is 0 Å². The quantitative estimate of drug-likeness (QED) is 0.0645. The Balaban J connectivity index is 2.10. The molecular formula is C27H37N3O5Si. The zero-order chi connectivity index (χ0) is 26.4. The Hall–Kier alpha value is -3.10. The Morgan fingerprint density at radius 2 is 1.67 bits per heavy atom. The fourth-order valence-corrected chi connectivity index (χ4v) is 8.62. The Morgan fingerprint density at radius 1 is 1.08 bits per heavy atom. The van der Waals surface area contributed by atoms with E-state index in [2.05, 4.69) is 61.6 Å². The van der Waals surface area contributed by atoms with E-state index in [9.17, 15) is 4.79 Å². The lowest BCUT2D eigenvalue weighted by molar-refractivity contribution is 0.0177. The third kappa shape index (κ3) is 8.24. The van der Waals surface area contributed by atoms with Crippen molar-refractivity contribution < 1.29 is 23.4 Å². The van der Waals surface area contributed by atoms with E-state index in [1.54, 1.807) is 6.92 Å². The van der Waals surface area contributed by atoms with E-state index in [0.29, 0.717) is 13.0 Å². The minimum Gasteiger partial charge on any atom is -0.431 e. The van der Waals surface area contributed by atoms with Gasteiger partial charge in [0, 0.05) is 17.9 Å². The van der Waals surface area contributed by atoms with Crippen LogP contribution in [0.1, 0.15) is 34.1 Å². The van der Waals surface area contributed by atoms with Crippen molar-refractivity contribution in [3.63, 3.8) is 0 Å². The maximum Gasteiger partial charge on any atom is 0.508 e. The van der Waals surface area contributed by atoms with Crippen LogP contribution in [0.15, 0.2) is 78.4 Å². The first kappa shape index (κ1) is 29.1. The number of carbonyl (C=O) groups excluding carboxylic acids is 1. The van der Waals surface area contributed by atoms with Crippen LogP contribution in [0.5, 0.6) is 0 Å². The molecule has 0 radical (unpaired) electrons. The summed E-state index contributed by atoms with van der Waals surface area (Å²) in [6.45, 7) is 12.7. The highest BCUT2D eigenvalue weighted by atomic mass is 28.4. The summed E-state index contributed by atoms with van der Waals surface area (Å²) in [5.74, 6) is 0. The van der Waals surface area contributed by atoms with Gasteiger partial charge in [0.1, 0.15) is 12.7 Å². The summed E-state index contributed by atoms with van der Waals surface area (Å²) < 4.78 is 22.6. The van der Waals surface area contributed by atoms with E-state index < -0.39 is 20.5 Å². The summed E-state index contributed by atoms with van der Waals surface area (Å²) in [7, 11) is -2.75. The third-order valence-corrected chi connectivity index (χ3v) is 10.7. The normalized spacial score (nSPS) is 13.2. The van der Waals surface area contributed by atoms with Gasteiger partial charge in [0.15, 0.2) is 0 Å². The third-order valence-electron chi connectivity index (χ3n) is 5.72. The highest BCUT2D eigenvalue weighted by Crippen LogP contribution is 2.36. The molecule has 1 unspecified atom stereocenters. The molecule has 0 amide bonds. The van der Waals surface area contributed by atoms with Gasteiger partial charge in [-0.3, -0.25) is 0 Å². The van der Waals surface area contributed by atoms with E-state index in [1.807, 2.05) is 36.4 Å². The molecule has 2 atom stereocenters. The number of nitrogens with zero attached hydrogens (tertiary/aromatic N) is 3. The molecule has 0 saturated carbocycles. The molecule has 0 saturated heterocycles. The lowest BCUT2D eigenvalue weighted by atomic mass is 10.2. The first-order chi connectivity index (χ1) is 17.2. The fraction of sp³-hybridized carbons (Fsp3) is 0.444. The van der Waals surface area contributed by atoms with Crippen LogP contribution in [0, 0.1) is 0 Å². The van der Waals surface area contributed by atoms with Crippen molar-refractivity contribution >= 4 is 24.8 Å². The molecule has 194 valence electrons. The average Bonchev–Trinajstić information content (AvgIpc) is 2.86. The van der Waals surface area contributed by atoms with Gasteiger partial charge in [-0.2, -0.15) is 0 Å². The Bertz CT molecular complexity index is 952. The molecule has 2 rings (SSSR count). The average molecular weight is 512 g/mol. The van der Waals surface area contributed by atoms with Gasteiger partial charge in [-0.25, -0.2) is 4.79 Å². The molecule has 0 aliphatic carbocycles. The smallest absolute Gasteiger partial charge is 0.431 e. The van der Waals surface area contributed by atoms with Crippen LogP contribution in [0.2, 0.25) is 5.04 Å². The molecule has 0 N–H and O–H groups in total. The molecule has 0 aromatic heterocycles. The molecule has 9 heteroatoms. The van der Waals surface area contributed by atoms with Crippen molar-refractivity contribution in [3.05, 3.63) is 83.8 Å². The van der Waals surface area contributed by atoms with Crippen molar-refractivity contribution in [1.82, 2.24) is 0 Å². The monoisotopic (exact) mass is 511 g/mol. The number of ether oxygens (including phenoxy) is 3. The highest BCUT2D eigenvalue weighted by Gasteiger charge is 2.50. The van der Waals surface area contributed by atoms with E-state index in [-0.39, 0.29) is 31.0 Å². The van der Waals surface area contributed by atoms with Crippen molar-refractivity contribution in [2.24, 2.45) is 5.11 Å². The Kier molecular flexibility index (Phi) is 11.7. The SMILES string of the molecule is C=CCOC(=O)O[C@H](C)CCOCC(CO[Si](c1ccccc1)(c1ccccc1)C(C)(C)C)N=[N+]=[N-]. The van der Waals surface area contributed by atoms with E-state index in [4.69, 9.17) is 24.2 Å². The minimum absolute atomic E-state index is 0.0984. The summed E-state index contributed by atoms with van der Waals surface area (Å²) in [6, 6.07) is 20.1. The second kappa shape index (κ2) is 14.5. The zero-order valence-electron chi connectivity index (χ0n) is 21.6. The van der Waals surface area contributed by atoms with Gasteiger partial charge < -0.3 is 18.6 Å². The van der Waals surface area contributed by atoms with Crippen LogP contribution >= 0.6 is 0 Å². The molecule has 0 bridgehead atoms. The lowest BCUT2D eigenvalue weighted by Crippen LogP contribution is -2.67. The first-order valence-corrected chi connectivity index (χ1v) is 14.0. The van der Waals surface area contributed by atoms with E-state index in [1.165, 1.54) is 6.08 Å². The van der Waals surface area contributed by atoms with Gasteiger partial charge in [0.2, 0.25) is 0 Å². The molecule has 0 aliphatic heterocycles. The summed E-state index contributed by atoms with van der Waals surface area (Å²) >= 11 is 0. The molecule has 0 aliphatic rings. The summed E-state index contributed by atoms with van der Waals surface area (Å²) in [6.07, 6.45) is 0.822. The van der Waals surface area contributed by atoms with Gasteiger partial charge >= 0.3 is 6.16 Å². The standard InChI is InChI=1S/C27H37N3O5Si/c1-6-18-33-26(31)35-22(2)17-19-32-20-23(29-30-28)21-34-36(27(3,4)5,24-13-9-7-10-14-24)25-15-11-8-12-16-25/h6-16,22-23H,1,17-21H2,2-5H3/t22-,23?/m1/s1. The number of carbonyl (C=O) groups is 1. The maximum absolute atomic E-state index is 11.5. The molecule has 0 fully saturated rings. The number of hydrogen-bond donors (Lipinski definition) is 0. The predicted molar refractivity (Wildman–Crippen MR) is 144 cm³/mol. The molecule has 0 heterocycles. The number of rotatable bonds is 14. The largest absolute Gasteiger partial charge is 0.508 e. The van der Waals surface area contributed by atoms with Crippen LogP contribution in [0.3, 0.4) is 0 Å². The molecular weight excluding hydrogens is 474 g/mol. The van der Waals surface area contributed by atoms with Crippen LogP contribution in [0.25, 0.3) is 10.4 Å². The van der Waals surface area contributed by atoms with Crippen molar-refractivity contribution in [2.75, 3.05) is 26.4 Å². The number of hydrogen-bond acceptors (Lipinski definition) is 6. The lowest BCUT2D eigenvalue weighted by Gasteiger charge is -2.43. The van der Waals surface area contributed by atoms with Crippen LogP contribution in [0.4, 0.5) is 4.79 Å². The van der Waals surface area contributed by atoms with Gasteiger partial charge in [-0.1, -0.05) is 99.2 Å². The van der Waals surface area contributed by atoms with Crippen LogP contribution < -0.4 is 10.4 Å². The molecule has 2 aromatic rings. The molecule has 36 heavy (non-hydrogen) atoms. The predicted octanol–water partition coefficient (Wildman–Crippen LogP) is 5.38. The van der Waals surface area contributed by atoms with Gasteiger partial charge in [0.25, 0.3) is 8.32 Å². The van der Waals surface area contributed by atoms with Crippen molar-refractivity contribution in [3.8, 4) is 0 Å². The molecule has 0 spiro atoms. The van der Waals surface area contributed by atoms with E-state index in [0.717, 1.165) is 10.4 Å². The van der Waals surface area contributed by atoms with Crippen LogP contribution in [-0.2, 0) is 18.6 Å². The Morgan fingerprint density at radius 3 is 2.17 bits per heavy atom. The first-order valence-electron chi connectivity index (χ1n) is 12.1. The molecule has 2 aromatic carbocycles. The topological polar surface area (TPSA) is 103 Å². The second-order valence-electron chi connectivity index (χ2n) is 9.47. The summed E-state index contributed by atoms with van der Waals surface area (Å²) in [4.78, 5) is 14.5. The van der Waals surface area contributed by atoms with Gasteiger partial charge in [-0.15, -0.1) is 0 Å². The second-order valence-corrected chi connectivity index (χ2v) is 13.8. The molecule has 8 nitrogen and oxygen atoms in total. The van der Waals surface area contributed by atoms with Crippen molar-refractivity contribution in [2.45, 2.75) is 51.3 Å². The highest BCUT2D eigenvalue weighted by molar-refractivity contribution is 6.99. The zero-order valence-corrected chi connectivity index (χ0v) is 22.6. The fourth-order valence-electron chi connectivity index (χ4n) is 4.02.